The van der Waals surface area contributed by atoms with Gasteiger partial charge in [-0.2, -0.15) is 0 Å². The fourth-order valence-corrected chi connectivity index (χ4v) is 11.1. The number of aliphatic hydroxyl groups is 1. The minimum Gasteiger partial charge on any atom is -0.407 e. The summed E-state index contributed by atoms with van der Waals surface area (Å²) < 4.78 is 25.7. The summed E-state index contributed by atoms with van der Waals surface area (Å²) in [7, 11) is -2.65. The van der Waals surface area contributed by atoms with Crippen LogP contribution in [0.2, 0.25) is 5.04 Å². The number of hydrogen-bond acceptors (Lipinski definition) is 5. The molecule has 1 aliphatic carbocycles. The summed E-state index contributed by atoms with van der Waals surface area (Å²) in [6, 6.07) is 21.5. The molecule has 2 aliphatic heterocycles. The first-order valence-electron chi connectivity index (χ1n) is 13.2. The Balaban J connectivity index is 1.46. The second-order valence-corrected chi connectivity index (χ2v) is 15.7. The van der Waals surface area contributed by atoms with Crippen LogP contribution < -0.4 is 10.4 Å². The van der Waals surface area contributed by atoms with Crippen LogP contribution in [0.1, 0.15) is 52.9 Å². The molecular formula is C29H40O5Si. The fourth-order valence-electron chi connectivity index (χ4n) is 6.49. The van der Waals surface area contributed by atoms with E-state index in [4.69, 9.17) is 18.6 Å². The second kappa shape index (κ2) is 10.4. The summed E-state index contributed by atoms with van der Waals surface area (Å²) in [6.07, 6.45) is 3.82. The number of rotatable bonds is 7. The van der Waals surface area contributed by atoms with Crippen LogP contribution in [-0.4, -0.2) is 51.4 Å². The molecule has 0 spiro atoms. The highest BCUT2D eigenvalue weighted by Gasteiger charge is 2.54. The molecule has 0 radical (unpaired) electrons. The Labute approximate surface area is 210 Å². The Hall–Kier alpha value is -1.54. The van der Waals surface area contributed by atoms with Gasteiger partial charge in [0.2, 0.25) is 0 Å². The number of benzene rings is 2. The lowest BCUT2D eigenvalue weighted by Gasteiger charge is -2.44. The maximum absolute atomic E-state index is 10.3. The smallest absolute Gasteiger partial charge is 0.261 e. The van der Waals surface area contributed by atoms with Crippen LogP contribution in [0.4, 0.5) is 0 Å². The van der Waals surface area contributed by atoms with Gasteiger partial charge in [0.15, 0.2) is 12.6 Å². The Morgan fingerprint density at radius 2 is 1.60 bits per heavy atom. The number of fused-ring (bicyclic) bond motifs is 1. The Morgan fingerprint density at radius 3 is 2.17 bits per heavy atom. The molecule has 2 aromatic carbocycles. The Kier molecular flexibility index (Phi) is 7.50. The zero-order valence-electron chi connectivity index (χ0n) is 21.3. The predicted octanol–water partition coefficient (Wildman–Crippen LogP) is 4.22. The van der Waals surface area contributed by atoms with E-state index in [-0.39, 0.29) is 35.4 Å². The zero-order valence-corrected chi connectivity index (χ0v) is 22.3. The predicted molar refractivity (Wildman–Crippen MR) is 139 cm³/mol. The van der Waals surface area contributed by atoms with Gasteiger partial charge in [-0.05, 0) is 40.6 Å². The van der Waals surface area contributed by atoms with Crippen molar-refractivity contribution >= 4 is 18.7 Å². The van der Waals surface area contributed by atoms with Gasteiger partial charge in [0.1, 0.15) is 0 Å². The lowest BCUT2D eigenvalue weighted by atomic mass is 9.93. The van der Waals surface area contributed by atoms with Gasteiger partial charge >= 0.3 is 0 Å². The summed E-state index contributed by atoms with van der Waals surface area (Å²) in [4.78, 5) is 0. The van der Waals surface area contributed by atoms with E-state index in [0.717, 1.165) is 32.3 Å². The quantitative estimate of drug-likeness (QED) is 0.582. The monoisotopic (exact) mass is 496 g/mol. The van der Waals surface area contributed by atoms with E-state index >= 15 is 0 Å². The van der Waals surface area contributed by atoms with Gasteiger partial charge in [0, 0.05) is 32.0 Å². The van der Waals surface area contributed by atoms with Gasteiger partial charge in [0.25, 0.3) is 8.32 Å². The molecule has 2 saturated heterocycles. The first-order chi connectivity index (χ1) is 16.9. The maximum Gasteiger partial charge on any atom is 0.261 e. The molecule has 1 saturated carbocycles. The molecule has 1 N–H and O–H groups in total. The fraction of sp³-hybridized carbons (Fsp3) is 0.586. The second-order valence-electron chi connectivity index (χ2n) is 11.4. The molecule has 6 atom stereocenters. The minimum atomic E-state index is -2.65. The van der Waals surface area contributed by atoms with Gasteiger partial charge in [0.05, 0.1) is 12.2 Å². The molecule has 2 heterocycles. The average Bonchev–Trinajstić information content (AvgIpc) is 3.36. The molecule has 5 nitrogen and oxygen atoms in total. The minimum absolute atomic E-state index is 0.0128. The van der Waals surface area contributed by atoms with Crippen molar-refractivity contribution in [3.05, 3.63) is 60.7 Å². The van der Waals surface area contributed by atoms with E-state index in [9.17, 15) is 5.11 Å². The van der Waals surface area contributed by atoms with Crippen molar-refractivity contribution < 1.29 is 23.7 Å². The van der Waals surface area contributed by atoms with Crippen LogP contribution in [0.3, 0.4) is 0 Å². The van der Waals surface area contributed by atoms with E-state index in [1.807, 2.05) is 0 Å². The first kappa shape index (κ1) is 25.1. The highest BCUT2D eigenvalue weighted by molar-refractivity contribution is 6.99. The van der Waals surface area contributed by atoms with Crippen molar-refractivity contribution in [1.29, 1.82) is 0 Å². The molecular weight excluding hydrogens is 456 g/mol. The highest BCUT2D eigenvalue weighted by atomic mass is 28.4. The van der Waals surface area contributed by atoms with Crippen molar-refractivity contribution in [2.24, 2.45) is 11.8 Å². The number of ether oxygens (including phenoxy) is 3. The number of hydrogen-bond donors (Lipinski definition) is 1. The van der Waals surface area contributed by atoms with Crippen LogP contribution >= 0.6 is 0 Å². The normalized spacial score (nSPS) is 31.4. The molecule has 5 rings (SSSR count). The van der Waals surface area contributed by atoms with Gasteiger partial charge in [-0.1, -0.05) is 81.4 Å². The SMILES string of the molecule is CC(C)(C)[Si](OC[C@H]1[C@@H]2CC(O)O[C@@H]2C[C@H]1OC1CCCCO1)(c1ccccc1)c1ccccc1. The van der Waals surface area contributed by atoms with Crippen molar-refractivity contribution in [2.75, 3.05) is 13.2 Å². The molecule has 3 fully saturated rings. The van der Waals surface area contributed by atoms with Gasteiger partial charge in [-0.15, -0.1) is 0 Å². The molecule has 0 aromatic heterocycles. The first-order valence-corrected chi connectivity index (χ1v) is 15.1. The molecule has 0 amide bonds. The topological polar surface area (TPSA) is 57.2 Å². The third kappa shape index (κ3) is 5.02. The average molecular weight is 497 g/mol. The van der Waals surface area contributed by atoms with Gasteiger partial charge < -0.3 is 23.7 Å². The van der Waals surface area contributed by atoms with Gasteiger partial charge in [-0.3, -0.25) is 0 Å². The van der Waals surface area contributed by atoms with E-state index < -0.39 is 14.6 Å². The van der Waals surface area contributed by atoms with Crippen LogP contribution in [0.5, 0.6) is 0 Å². The molecule has 2 aromatic rings. The van der Waals surface area contributed by atoms with Crippen molar-refractivity contribution in [3.8, 4) is 0 Å². The summed E-state index contributed by atoms with van der Waals surface area (Å²) in [5.41, 5.74) is 0. The van der Waals surface area contributed by atoms with Crippen molar-refractivity contribution in [2.45, 2.75) is 82.7 Å². The van der Waals surface area contributed by atoms with Crippen LogP contribution in [-0.2, 0) is 18.6 Å². The lowest BCUT2D eigenvalue weighted by Crippen LogP contribution is -2.67. The van der Waals surface area contributed by atoms with Crippen molar-refractivity contribution in [1.82, 2.24) is 0 Å². The summed E-state index contributed by atoms with van der Waals surface area (Å²) >= 11 is 0. The van der Waals surface area contributed by atoms with E-state index in [0.29, 0.717) is 13.0 Å². The van der Waals surface area contributed by atoms with E-state index in [1.165, 1.54) is 10.4 Å². The largest absolute Gasteiger partial charge is 0.407 e. The Bertz CT molecular complexity index is 901. The molecule has 3 aliphatic rings. The summed E-state index contributed by atoms with van der Waals surface area (Å²) in [6.45, 7) is 8.28. The van der Waals surface area contributed by atoms with Crippen LogP contribution in [0, 0.1) is 11.8 Å². The summed E-state index contributed by atoms with van der Waals surface area (Å²) in [5.74, 6) is 0.390. The van der Waals surface area contributed by atoms with Crippen molar-refractivity contribution in [3.63, 3.8) is 0 Å². The molecule has 35 heavy (non-hydrogen) atoms. The molecule has 6 heteroatoms. The van der Waals surface area contributed by atoms with Crippen LogP contribution in [0.15, 0.2) is 60.7 Å². The molecule has 190 valence electrons. The van der Waals surface area contributed by atoms with E-state index in [1.54, 1.807) is 0 Å². The third-order valence-electron chi connectivity index (χ3n) is 8.15. The summed E-state index contributed by atoms with van der Waals surface area (Å²) in [5, 5.41) is 12.7. The molecule has 2 unspecified atom stereocenters. The van der Waals surface area contributed by atoms with Crippen LogP contribution in [0.25, 0.3) is 0 Å². The van der Waals surface area contributed by atoms with E-state index in [2.05, 4.69) is 81.4 Å². The standard InChI is InChI=1S/C29H40O5Si/c1-29(2,3)35(21-12-6-4-7-13-21,22-14-8-5-9-15-22)32-20-24-23-18-27(30)33-25(23)19-26(24)34-28-16-10-11-17-31-28/h4-9,12-15,23-28,30H,10-11,16-20H2,1-3H3/t23-,24-,25+,26+,27?,28?/m0/s1. The highest BCUT2D eigenvalue weighted by Crippen LogP contribution is 2.46. The van der Waals surface area contributed by atoms with Gasteiger partial charge in [-0.25, -0.2) is 0 Å². The lowest BCUT2D eigenvalue weighted by molar-refractivity contribution is -0.201. The zero-order chi connectivity index (χ0) is 24.5. The maximum atomic E-state index is 10.3. The molecule has 0 bridgehead atoms. The number of aliphatic hydroxyl groups excluding tert-OH is 1. The Morgan fingerprint density at radius 1 is 0.943 bits per heavy atom. The third-order valence-corrected chi connectivity index (χ3v) is 13.2.